The van der Waals surface area contributed by atoms with E-state index in [1.807, 2.05) is 0 Å². The quantitative estimate of drug-likeness (QED) is 0.769. The average Bonchev–Trinajstić information content (AvgIpc) is 2.62. The molecule has 1 amide bonds. The first-order valence-electron chi connectivity index (χ1n) is 4.63. The molecule has 86 valence electrons. The smallest absolute Gasteiger partial charge is 0.323 e. The molecule has 0 spiro atoms. The number of hydrogen-bond donors (Lipinski definition) is 1. The first-order valence-corrected chi connectivity index (χ1v) is 4.63. The number of nitrogens with zero attached hydrogens (tertiary/aromatic N) is 1. The van der Waals surface area contributed by atoms with Gasteiger partial charge in [0, 0.05) is 13.0 Å². The zero-order valence-corrected chi connectivity index (χ0v) is 8.59. The van der Waals surface area contributed by atoms with Gasteiger partial charge in [-0.15, -0.1) is 0 Å². The third-order valence-corrected chi connectivity index (χ3v) is 2.72. The molecule has 0 radical (unpaired) electrons. The summed E-state index contributed by atoms with van der Waals surface area (Å²) in [6, 6.07) is 0. The third-order valence-electron chi connectivity index (χ3n) is 2.72. The summed E-state index contributed by atoms with van der Waals surface area (Å²) in [5.74, 6) is -4.97. The van der Waals surface area contributed by atoms with Crippen molar-refractivity contribution in [3.8, 4) is 0 Å². The fraction of sp³-hybridized carbons (Fsp3) is 0.778. The lowest BCUT2D eigenvalue weighted by Gasteiger charge is -2.22. The number of hydrogen-bond acceptors (Lipinski definition) is 2. The molecule has 0 saturated heterocycles. The SMILES string of the molecule is CCN(CC(=O)O)C(=O)C1(C)CC1(F)F. The highest BCUT2D eigenvalue weighted by Crippen LogP contribution is 2.61. The summed E-state index contributed by atoms with van der Waals surface area (Å²) < 4.78 is 25.7. The summed E-state index contributed by atoms with van der Waals surface area (Å²) in [5.41, 5.74) is -1.70. The molecule has 1 rings (SSSR count). The Morgan fingerprint density at radius 3 is 2.20 bits per heavy atom. The number of aliphatic carboxylic acids is 1. The van der Waals surface area contributed by atoms with Gasteiger partial charge >= 0.3 is 5.97 Å². The summed E-state index contributed by atoms with van der Waals surface area (Å²) in [6.07, 6.45) is -0.491. The van der Waals surface area contributed by atoms with Crippen molar-refractivity contribution in [1.82, 2.24) is 4.90 Å². The van der Waals surface area contributed by atoms with Gasteiger partial charge in [0.2, 0.25) is 5.91 Å². The average molecular weight is 221 g/mol. The predicted molar refractivity (Wildman–Crippen MR) is 47.6 cm³/mol. The standard InChI is InChI=1S/C9H13F2NO3/c1-3-12(4-6(13)14)7(15)8(2)5-9(8,10)11/h3-5H2,1-2H3,(H,13,14). The molecule has 1 fully saturated rings. The summed E-state index contributed by atoms with van der Waals surface area (Å²) in [5, 5.41) is 8.50. The highest BCUT2D eigenvalue weighted by molar-refractivity contribution is 5.89. The van der Waals surface area contributed by atoms with Crippen LogP contribution < -0.4 is 0 Å². The minimum Gasteiger partial charge on any atom is -0.480 e. The minimum absolute atomic E-state index is 0.122. The molecule has 15 heavy (non-hydrogen) atoms. The number of alkyl halides is 2. The number of likely N-dealkylation sites (N-methyl/N-ethyl adjacent to an activating group) is 1. The van der Waals surface area contributed by atoms with E-state index in [4.69, 9.17) is 5.11 Å². The number of carbonyl (C=O) groups excluding carboxylic acids is 1. The third kappa shape index (κ3) is 1.93. The summed E-state index contributed by atoms with van der Waals surface area (Å²) in [6.45, 7) is 2.32. The molecule has 0 heterocycles. The van der Waals surface area contributed by atoms with Gasteiger partial charge in [0.1, 0.15) is 12.0 Å². The fourth-order valence-corrected chi connectivity index (χ4v) is 1.47. The van der Waals surface area contributed by atoms with Crippen LogP contribution in [0.5, 0.6) is 0 Å². The van der Waals surface area contributed by atoms with Crippen LogP contribution in [0, 0.1) is 5.41 Å². The molecule has 0 bridgehead atoms. The Morgan fingerprint density at radius 1 is 1.47 bits per heavy atom. The van der Waals surface area contributed by atoms with Crippen LogP contribution in [0.3, 0.4) is 0 Å². The molecule has 6 heteroatoms. The van der Waals surface area contributed by atoms with Crippen molar-refractivity contribution in [3.63, 3.8) is 0 Å². The zero-order valence-electron chi connectivity index (χ0n) is 8.59. The van der Waals surface area contributed by atoms with Crippen molar-refractivity contribution in [1.29, 1.82) is 0 Å². The zero-order chi connectivity index (χ0) is 11.9. The van der Waals surface area contributed by atoms with Gasteiger partial charge in [-0.05, 0) is 13.8 Å². The van der Waals surface area contributed by atoms with Gasteiger partial charge in [-0.25, -0.2) is 8.78 Å². The number of carboxylic acid groups (broad SMARTS) is 1. The van der Waals surface area contributed by atoms with Crippen molar-refractivity contribution in [3.05, 3.63) is 0 Å². The van der Waals surface area contributed by atoms with E-state index in [9.17, 15) is 18.4 Å². The molecule has 0 aliphatic heterocycles. The van der Waals surface area contributed by atoms with E-state index in [1.54, 1.807) is 6.92 Å². The van der Waals surface area contributed by atoms with E-state index in [0.717, 1.165) is 4.90 Å². The monoisotopic (exact) mass is 221 g/mol. The molecule has 1 unspecified atom stereocenters. The van der Waals surface area contributed by atoms with Gasteiger partial charge in [-0.2, -0.15) is 0 Å². The van der Waals surface area contributed by atoms with Crippen molar-refractivity contribution < 1.29 is 23.5 Å². The molecular formula is C9H13F2NO3. The summed E-state index contributed by atoms with van der Waals surface area (Å²) >= 11 is 0. The van der Waals surface area contributed by atoms with E-state index < -0.39 is 36.2 Å². The number of halogens is 2. The Morgan fingerprint density at radius 2 is 1.93 bits per heavy atom. The summed E-state index contributed by atoms with van der Waals surface area (Å²) in [4.78, 5) is 22.9. The second-order valence-corrected chi connectivity index (χ2v) is 3.93. The largest absolute Gasteiger partial charge is 0.480 e. The number of carbonyl (C=O) groups is 2. The molecule has 1 atom stereocenters. The van der Waals surface area contributed by atoms with Gasteiger partial charge < -0.3 is 10.0 Å². The fourth-order valence-electron chi connectivity index (χ4n) is 1.47. The van der Waals surface area contributed by atoms with Gasteiger partial charge in [0.15, 0.2) is 0 Å². The molecule has 1 aliphatic carbocycles. The Hall–Kier alpha value is -1.20. The van der Waals surface area contributed by atoms with Crippen molar-refractivity contribution in [2.45, 2.75) is 26.2 Å². The topological polar surface area (TPSA) is 57.6 Å². The molecule has 1 saturated carbocycles. The van der Waals surface area contributed by atoms with Crippen molar-refractivity contribution >= 4 is 11.9 Å². The highest BCUT2D eigenvalue weighted by atomic mass is 19.3. The van der Waals surface area contributed by atoms with Crippen LogP contribution in [-0.2, 0) is 9.59 Å². The maximum atomic E-state index is 12.9. The number of amides is 1. The molecule has 4 nitrogen and oxygen atoms in total. The maximum absolute atomic E-state index is 12.9. The number of rotatable bonds is 4. The normalized spacial score (nSPS) is 27.2. The van der Waals surface area contributed by atoms with Crippen LogP contribution in [0.4, 0.5) is 8.78 Å². The van der Waals surface area contributed by atoms with Crippen LogP contribution in [-0.4, -0.2) is 40.9 Å². The van der Waals surface area contributed by atoms with Gasteiger partial charge in [0.25, 0.3) is 5.92 Å². The first-order chi connectivity index (χ1) is 6.74. The Bertz CT molecular complexity index is 306. The second kappa shape index (κ2) is 3.43. The Labute approximate surface area is 85.9 Å². The predicted octanol–water partition coefficient (Wildman–Crippen LogP) is 0.965. The van der Waals surface area contributed by atoms with Crippen molar-refractivity contribution in [2.24, 2.45) is 5.41 Å². The molecule has 1 aliphatic rings. The van der Waals surface area contributed by atoms with Crippen LogP contribution in [0.15, 0.2) is 0 Å². The lowest BCUT2D eigenvalue weighted by molar-refractivity contribution is -0.148. The van der Waals surface area contributed by atoms with Crippen LogP contribution in [0.2, 0.25) is 0 Å². The molecule has 1 N–H and O–H groups in total. The van der Waals surface area contributed by atoms with Crippen LogP contribution >= 0.6 is 0 Å². The lowest BCUT2D eigenvalue weighted by Crippen LogP contribution is -2.41. The number of carboxylic acids is 1. The van der Waals surface area contributed by atoms with E-state index in [1.165, 1.54) is 6.92 Å². The molecular weight excluding hydrogens is 208 g/mol. The Kier molecular flexibility index (Phi) is 2.71. The minimum atomic E-state index is -2.99. The lowest BCUT2D eigenvalue weighted by atomic mass is 10.1. The first kappa shape index (κ1) is 11.9. The van der Waals surface area contributed by atoms with E-state index in [2.05, 4.69) is 0 Å². The Balaban J connectivity index is 2.71. The van der Waals surface area contributed by atoms with Crippen LogP contribution in [0.25, 0.3) is 0 Å². The second-order valence-electron chi connectivity index (χ2n) is 3.93. The van der Waals surface area contributed by atoms with E-state index >= 15 is 0 Å². The van der Waals surface area contributed by atoms with E-state index in [0.29, 0.717) is 0 Å². The molecule has 0 aromatic carbocycles. The molecule has 0 aromatic heterocycles. The van der Waals surface area contributed by atoms with Gasteiger partial charge in [-0.1, -0.05) is 0 Å². The molecule has 0 aromatic rings. The van der Waals surface area contributed by atoms with Crippen LogP contribution in [0.1, 0.15) is 20.3 Å². The van der Waals surface area contributed by atoms with Crippen molar-refractivity contribution in [2.75, 3.05) is 13.1 Å². The summed E-state index contributed by atoms with van der Waals surface area (Å²) in [7, 11) is 0. The van der Waals surface area contributed by atoms with E-state index in [-0.39, 0.29) is 6.54 Å². The highest BCUT2D eigenvalue weighted by Gasteiger charge is 2.73. The maximum Gasteiger partial charge on any atom is 0.323 e. The van der Waals surface area contributed by atoms with Gasteiger partial charge in [0.05, 0.1) is 0 Å². The van der Waals surface area contributed by atoms with Gasteiger partial charge in [-0.3, -0.25) is 9.59 Å².